The number of aromatic nitrogens is 1. The molecule has 1 N–H and O–H groups in total. The number of nitrogens with zero attached hydrogens (tertiary/aromatic N) is 2. The van der Waals surface area contributed by atoms with E-state index in [0.717, 1.165) is 53.4 Å². The van der Waals surface area contributed by atoms with Crippen molar-refractivity contribution < 1.29 is 9.59 Å². The molecule has 5 nitrogen and oxygen atoms in total. The predicted octanol–water partition coefficient (Wildman–Crippen LogP) is 5.62. The lowest BCUT2D eigenvalue weighted by atomic mass is 9.85. The van der Waals surface area contributed by atoms with Crippen LogP contribution in [0.1, 0.15) is 67.8 Å². The Labute approximate surface area is 205 Å². The molecule has 0 unspecified atom stereocenters. The van der Waals surface area contributed by atoms with Crippen LogP contribution in [-0.2, 0) is 16.0 Å². The van der Waals surface area contributed by atoms with E-state index in [0.29, 0.717) is 11.4 Å². The third-order valence-electron chi connectivity index (χ3n) is 7.99. The Morgan fingerprint density at radius 1 is 0.882 bits per heavy atom. The minimum absolute atomic E-state index is 0.0379. The summed E-state index contributed by atoms with van der Waals surface area (Å²) >= 11 is 6.19. The minimum Gasteiger partial charge on any atom is -0.356 e. The van der Waals surface area contributed by atoms with Gasteiger partial charge in [-0.05, 0) is 42.2 Å². The molecular formula is C28H30ClN3O2. The predicted molar refractivity (Wildman–Crippen MR) is 134 cm³/mol. The summed E-state index contributed by atoms with van der Waals surface area (Å²) in [4.78, 5) is 35.1. The van der Waals surface area contributed by atoms with E-state index < -0.39 is 6.04 Å². The van der Waals surface area contributed by atoms with E-state index >= 15 is 0 Å². The van der Waals surface area contributed by atoms with Crippen LogP contribution >= 0.6 is 11.6 Å². The van der Waals surface area contributed by atoms with Crippen molar-refractivity contribution in [1.29, 1.82) is 0 Å². The van der Waals surface area contributed by atoms with Crippen LogP contribution in [0.15, 0.2) is 48.5 Å². The van der Waals surface area contributed by atoms with Gasteiger partial charge >= 0.3 is 0 Å². The molecule has 0 bridgehead atoms. The zero-order valence-electron chi connectivity index (χ0n) is 19.3. The van der Waals surface area contributed by atoms with Crippen LogP contribution in [0, 0.1) is 0 Å². The summed E-state index contributed by atoms with van der Waals surface area (Å²) in [5, 5.41) is 1.80. The van der Waals surface area contributed by atoms with Crippen LogP contribution in [0.3, 0.4) is 0 Å². The zero-order chi connectivity index (χ0) is 23.2. The number of fused-ring (bicyclic) bond motifs is 4. The monoisotopic (exact) mass is 475 g/mol. The summed E-state index contributed by atoms with van der Waals surface area (Å²) in [6, 6.07) is 15.3. The van der Waals surface area contributed by atoms with E-state index in [2.05, 4.69) is 17.1 Å². The van der Waals surface area contributed by atoms with E-state index in [1.54, 1.807) is 0 Å². The van der Waals surface area contributed by atoms with Gasteiger partial charge in [-0.1, -0.05) is 74.0 Å². The Morgan fingerprint density at radius 3 is 2.35 bits per heavy atom. The van der Waals surface area contributed by atoms with Gasteiger partial charge in [-0.3, -0.25) is 9.59 Å². The lowest BCUT2D eigenvalue weighted by Crippen LogP contribution is -2.64. The number of aromatic amines is 1. The SMILES string of the molecule is O=C1[C@@H]2Cc3c([nH]c4ccccc34)[C@H](c3ccc(Cl)cc3)N2C(=O)CN1C1CCCCCCC1. The molecule has 176 valence electrons. The second-order valence-corrected chi connectivity index (χ2v) is 10.4. The molecule has 2 atom stereocenters. The number of hydrogen-bond donors (Lipinski definition) is 1. The summed E-state index contributed by atoms with van der Waals surface area (Å²) in [5.41, 5.74) is 4.18. The van der Waals surface area contributed by atoms with Crippen LogP contribution in [-0.4, -0.2) is 45.2 Å². The maximum absolute atomic E-state index is 14.0. The molecule has 1 saturated carbocycles. The van der Waals surface area contributed by atoms with Gasteiger partial charge in [0.2, 0.25) is 11.8 Å². The number of carbonyl (C=O) groups excluding carboxylic acids is 2. The third kappa shape index (κ3) is 3.61. The Hall–Kier alpha value is -2.79. The number of benzene rings is 2. The molecule has 0 spiro atoms. The van der Waals surface area contributed by atoms with Crippen molar-refractivity contribution in [2.24, 2.45) is 0 Å². The molecule has 1 aromatic heterocycles. The van der Waals surface area contributed by atoms with E-state index in [4.69, 9.17) is 11.6 Å². The van der Waals surface area contributed by atoms with Crippen molar-refractivity contribution in [3.05, 3.63) is 70.4 Å². The van der Waals surface area contributed by atoms with Crippen LogP contribution in [0.4, 0.5) is 0 Å². The molecule has 34 heavy (non-hydrogen) atoms. The Kier molecular flexibility index (Phi) is 5.60. The first-order valence-corrected chi connectivity index (χ1v) is 13.0. The molecule has 2 amide bonds. The molecule has 3 aromatic rings. The highest BCUT2D eigenvalue weighted by Crippen LogP contribution is 2.43. The molecule has 3 aliphatic rings. The van der Waals surface area contributed by atoms with E-state index in [1.165, 1.54) is 19.3 Å². The first-order valence-electron chi connectivity index (χ1n) is 12.6. The minimum atomic E-state index is -0.473. The molecule has 6 rings (SSSR count). The number of amides is 2. The third-order valence-corrected chi connectivity index (χ3v) is 8.25. The van der Waals surface area contributed by atoms with Crippen LogP contribution in [0.5, 0.6) is 0 Å². The van der Waals surface area contributed by atoms with Crippen molar-refractivity contribution in [2.45, 2.75) is 69.5 Å². The average Bonchev–Trinajstić information content (AvgIpc) is 3.19. The van der Waals surface area contributed by atoms with Crippen LogP contribution < -0.4 is 0 Å². The number of hydrogen-bond acceptors (Lipinski definition) is 2. The molecule has 6 heteroatoms. The second kappa shape index (κ2) is 8.77. The van der Waals surface area contributed by atoms with Crippen molar-refractivity contribution >= 4 is 34.3 Å². The smallest absolute Gasteiger partial charge is 0.246 e. The largest absolute Gasteiger partial charge is 0.356 e. The Bertz CT molecular complexity index is 1230. The normalized spacial score (nSPS) is 24.0. The topological polar surface area (TPSA) is 56.4 Å². The van der Waals surface area contributed by atoms with Crippen LogP contribution in [0.2, 0.25) is 5.02 Å². The van der Waals surface area contributed by atoms with Gasteiger partial charge < -0.3 is 14.8 Å². The molecule has 0 radical (unpaired) electrons. The van der Waals surface area contributed by atoms with Gasteiger partial charge in [0.15, 0.2) is 0 Å². The number of piperazine rings is 1. The quantitative estimate of drug-likeness (QED) is 0.523. The van der Waals surface area contributed by atoms with E-state index in [1.807, 2.05) is 46.2 Å². The molecule has 2 fully saturated rings. The summed E-state index contributed by atoms with van der Waals surface area (Å²) < 4.78 is 0. The summed E-state index contributed by atoms with van der Waals surface area (Å²) in [7, 11) is 0. The highest BCUT2D eigenvalue weighted by molar-refractivity contribution is 6.30. The second-order valence-electron chi connectivity index (χ2n) is 10.0. The van der Waals surface area contributed by atoms with Gasteiger partial charge in [0.1, 0.15) is 12.6 Å². The summed E-state index contributed by atoms with van der Waals surface area (Å²) in [6.07, 6.45) is 8.56. The summed E-state index contributed by atoms with van der Waals surface area (Å²) in [5.74, 6) is 0.149. The Morgan fingerprint density at radius 2 is 1.59 bits per heavy atom. The lowest BCUT2D eigenvalue weighted by Gasteiger charge is -2.49. The van der Waals surface area contributed by atoms with Crippen molar-refractivity contribution in [3.63, 3.8) is 0 Å². The van der Waals surface area contributed by atoms with Crippen molar-refractivity contribution in [3.8, 4) is 0 Å². The highest BCUT2D eigenvalue weighted by atomic mass is 35.5. The first-order chi connectivity index (χ1) is 16.6. The maximum Gasteiger partial charge on any atom is 0.246 e. The molecular weight excluding hydrogens is 446 g/mol. The fraction of sp³-hybridized carbons (Fsp3) is 0.429. The standard InChI is InChI=1S/C28H30ClN3O2/c29-19-14-12-18(13-15-19)27-26-22(21-10-6-7-11-23(21)30-26)16-24-28(34)31(17-25(33)32(24)27)20-8-4-2-1-3-5-9-20/h6-7,10-15,20,24,27,30H,1-5,8-9,16-17H2/t24-,27-/m0/s1. The number of rotatable bonds is 2. The maximum atomic E-state index is 14.0. The fourth-order valence-electron chi connectivity index (χ4n) is 6.33. The van der Waals surface area contributed by atoms with Gasteiger partial charge in [-0.15, -0.1) is 0 Å². The first kappa shape index (κ1) is 21.7. The van der Waals surface area contributed by atoms with E-state index in [-0.39, 0.29) is 30.4 Å². The van der Waals surface area contributed by atoms with Crippen LogP contribution in [0.25, 0.3) is 10.9 Å². The lowest BCUT2D eigenvalue weighted by molar-refractivity contribution is -0.161. The molecule has 1 saturated heterocycles. The van der Waals surface area contributed by atoms with E-state index in [9.17, 15) is 9.59 Å². The zero-order valence-corrected chi connectivity index (χ0v) is 20.1. The Balaban J connectivity index is 1.44. The molecule has 3 heterocycles. The van der Waals surface area contributed by atoms with Gasteiger partial charge in [0, 0.05) is 34.1 Å². The average molecular weight is 476 g/mol. The number of nitrogens with one attached hydrogen (secondary N) is 1. The number of halogens is 1. The molecule has 2 aliphatic heterocycles. The molecule has 2 aromatic carbocycles. The number of H-pyrrole nitrogens is 1. The van der Waals surface area contributed by atoms with Gasteiger partial charge in [-0.25, -0.2) is 0 Å². The van der Waals surface area contributed by atoms with Gasteiger partial charge in [0.05, 0.1) is 6.04 Å². The number of carbonyl (C=O) groups is 2. The fourth-order valence-corrected chi connectivity index (χ4v) is 6.46. The van der Waals surface area contributed by atoms with Crippen molar-refractivity contribution in [2.75, 3.05) is 6.54 Å². The number of para-hydroxylation sites is 1. The van der Waals surface area contributed by atoms with Crippen molar-refractivity contribution in [1.82, 2.24) is 14.8 Å². The van der Waals surface area contributed by atoms with Gasteiger partial charge in [-0.2, -0.15) is 0 Å². The highest BCUT2D eigenvalue weighted by Gasteiger charge is 2.49. The summed E-state index contributed by atoms with van der Waals surface area (Å²) in [6.45, 7) is 0.180. The molecule has 1 aliphatic carbocycles. The van der Waals surface area contributed by atoms with Gasteiger partial charge in [0.25, 0.3) is 0 Å².